The van der Waals surface area contributed by atoms with Gasteiger partial charge in [0.2, 0.25) is 0 Å². The van der Waals surface area contributed by atoms with Gasteiger partial charge in [-0.3, -0.25) is 4.99 Å². The number of ether oxygens (including phenoxy) is 2. The molecule has 1 fully saturated rings. The van der Waals surface area contributed by atoms with Gasteiger partial charge in [0.05, 0.1) is 13.2 Å². The van der Waals surface area contributed by atoms with Gasteiger partial charge in [0.15, 0.2) is 5.96 Å². The quantitative estimate of drug-likeness (QED) is 0.555. The highest BCUT2D eigenvalue weighted by atomic mass is 79.9. The molecule has 0 spiro atoms. The summed E-state index contributed by atoms with van der Waals surface area (Å²) in [7, 11) is 3.42. The molecular formula is C19H29BrN4O3. The molecule has 150 valence electrons. The van der Waals surface area contributed by atoms with Crippen LogP contribution in [0.2, 0.25) is 0 Å². The molecule has 1 amide bonds. The first-order chi connectivity index (χ1) is 12.7. The van der Waals surface area contributed by atoms with Crippen molar-refractivity contribution in [3.05, 3.63) is 28.2 Å². The zero-order valence-electron chi connectivity index (χ0n) is 16.6. The maximum Gasteiger partial charge on any atom is 0.407 e. The molecule has 1 heterocycles. The van der Waals surface area contributed by atoms with E-state index in [2.05, 4.69) is 36.5 Å². The van der Waals surface area contributed by atoms with E-state index >= 15 is 0 Å². The molecule has 8 heteroatoms. The number of hydrogen-bond donors (Lipinski definition) is 2. The average molecular weight is 441 g/mol. The molecule has 0 aliphatic carbocycles. The molecule has 1 aliphatic heterocycles. The van der Waals surface area contributed by atoms with Crippen LogP contribution in [0.5, 0.6) is 5.75 Å². The van der Waals surface area contributed by atoms with Crippen molar-refractivity contribution in [2.45, 2.75) is 45.4 Å². The van der Waals surface area contributed by atoms with E-state index in [1.54, 1.807) is 14.2 Å². The predicted molar refractivity (Wildman–Crippen MR) is 110 cm³/mol. The molecule has 1 aromatic carbocycles. The summed E-state index contributed by atoms with van der Waals surface area (Å²) in [5, 5.41) is 6.30. The number of nitrogens with zero attached hydrogens (tertiary/aromatic N) is 2. The molecule has 1 saturated heterocycles. The molecule has 27 heavy (non-hydrogen) atoms. The minimum Gasteiger partial charge on any atom is -0.496 e. The van der Waals surface area contributed by atoms with Gasteiger partial charge in [-0.15, -0.1) is 0 Å². The highest BCUT2D eigenvalue weighted by molar-refractivity contribution is 9.10. The standard InChI is InChI=1S/C19H29BrN4O3/c1-19(2,3)27-18(25)23-15-8-9-24(12-15)17(21-4)22-11-13-10-14(20)6-7-16(13)26-5/h6-7,10,15H,8-9,11-12H2,1-5H3,(H,21,22)(H,23,25). The fourth-order valence-corrected chi connectivity index (χ4v) is 3.35. The maximum atomic E-state index is 12.0. The molecule has 1 aliphatic rings. The van der Waals surface area contributed by atoms with E-state index in [0.29, 0.717) is 13.1 Å². The van der Waals surface area contributed by atoms with Crippen LogP contribution < -0.4 is 15.4 Å². The lowest BCUT2D eigenvalue weighted by atomic mass is 10.2. The molecule has 2 N–H and O–H groups in total. The smallest absolute Gasteiger partial charge is 0.407 e. The first kappa shape index (κ1) is 21.3. The van der Waals surface area contributed by atoms with E-state index in [-0.39, 0.29) is 12.1 Å². The number of carbonyl (C=O) groups is 1. The third-order valence-electron chi connectivity index (χ3n) is 4.10. The van der Waals surface area contributed by atoms with Gasteiger partial charge in [0.1, 0.15) is 11.4 Å². The molecule has 0 aromatic heterocycles. The fourth-order valence-electron chi connectivity index (χ4n) is 2.94. The van der Waals surface area contributed by atoms with Crippen molar-refractivity contribution >= 4 is 28.0 Å². The Labute approximate surface area is 169 Å². The first-order valence-corrected chi connectivity index (χ1v) is 9.78. The minimum atomic E-state index is -0.497. The van der Waals surface area contributed by atoms with Crippen molar-refractivity contribution in [1.82, 2.24) is 15.5 Å². The van der Waals surface area contributed by atoms with Crippen LogP contribution in [0.15, 0.2) is 27.7 Å². The van der Waals surface area contributed by atoms with Gasteiger partial charge in [-0.1, -0.05) is 15.9 Å². The number of benzene rings is 1. The van der Waals surface area contributed by atoms with Gasteiger partial charge in [-0.25, -0.2) is 4.79 Å². The van der Waals surface area contributed by atoms with Gasteiger partial charge in [-0.2, -0.15) is 0 Å². The second-order valence-corrected chi connectivity index (χ2v) is 8.35. The van der Waals surface area contributed by atoms with Gasteiger partial charge in [0.25, 0.3) is 0 Å². The number of methoxy groups -OCH3 is 1. The zero-order chi connectivity index (χ0) is 20.0. The number of alkyl carbamates (subject to hydrolysis) is 1. The van der Waals surface area contributed by atoms with Crippen LogP contribution in [-0.4, -0.2) is 55.8 Å². The molecule has 7 nitrogen and oxygen atoms in total. The summed E-state index contributed by atoms with van der Waals surface area (Å²) in [6.07, 6.45) is 0.469. The second kappa shape index (κ2) is 9.30. The summed E-state index contributed by atoms with van der Waals surface area (Å²) in [5.41, 5.74) is 0.541. The van der Waals surface area contributed by atoms with Crippen molar-refractivity contribution in [2.24, 2.45) is 4.99 Å². The zero-order valence-corrected chi connectivity index (χ0v) is 18.2. The van der Waals surface area contributed by atoms with Gasteiger partial charge in [0, 0.05) is 36.7 Å². The monoisotopic (exact) mass is 440 g/mol. The van der Waals surface area contributed by atoms with Crippen molar-refractivity contribution in [3.63, 3.8) is 0 Å². The number of amides is 1. The van der Waals surface area contributed by atoms with Crippen LogP contribution in [0, 0.1) is 0 Å². The first-order valence-electron chi connectivity index (χ1n) is 8.99. The summed E-state index contributed by atoms with van der Waals surface area (Å²) in [5.74, 6) is 1.62. The number of carbonyl (C=O) groups excluding carboxylic acids is 1. The SMILES string of the molecule is CN=C(NCc1cc(Br)ccc1OC)N1CCC(NC(=O)OC(C)(C)C)C1. The predicted octanol–water partition coefficient (Wildman–Crippen LogP) is 3.13. The van der Waals surface area contributed by atoms with E-state index in [0.717, 1.165) is 34.7 Å². The molecule has 0 saturated carbocycles. The number of nitrogens with one attached hydrogen (secondary N) is 2. The Bertz CT molecular complexity index is 688. The Morgan fingerprint density at radius 3 is 2.78 bits per heavy atom. The summed E-state index contributed by atoms with van der Waals surface area (Å²) in [6, 6.07) is 5.94. The molecule has 0 radical (unpaired) electrons. The van der Waals surface area contributed by atoms with Crippen molar-refractivity contribution in [3.8, 4) is 5.75 Å². The fraction of sp³-hybridized carbons (Fsp3) is 0.579. The number of rotatable bonds is 4. The Kier molecular flexibility index (Phi) is 7.35. The summed E-state index contributed by atoms with van der Waals surface area (Å²) in [6.45, 7) is 7.67. The van der Waals surface area contributed by atoms with Crippen LogP contribution in [0.4, 0.5) is 4.79 Å². The van der Waals surface area contributed by atoms with Gasteiger partial charge >= 0.3 is 6.09 Å². The van der Waals surface area contributed by atoms with E-state index < -0.39 is 5.60 Å². The summed E-state index contributed by atoms with van der Waals surface area (Å²) in [4.78, 5) is 18.5. The van der Waals surface area contributed by atoms with E-state index in [1.165, 1.54) is 0 Å². The minimum absolute atomic E-state index is 0.0406. The third-order valence-corrected chi connectivity index (χ3v) is 4.59. The average Bonchev–Trinajstić information content (AvgIpc) is 3.02. The Balaban J connectivity index is 1.90. The second-order valence-electron chi connectivity index (χ2n) is 7.43. The van der Waals surface area contributed by atoms with Crippen LogP contribution >= 0.6 is 15.9 Å². The van der Waals surface area contributed by atoms with Gasteiger partial charge < -0.3 is 25.0 Å². The molecular weight excluding hydrogens is 412 g/mol. The number of aliphatic imine (C=N–C) groups is 1. The number of halogens is 1. The highest BCUT2D eigenvalue weighted by Gasteiger charge is 2.27. The highest BCUT2D eigenvalue weighted by Crippen LogP contribution is 2.23. The third kappa shape index (κ3) is 6.61. The maximum absolute atomic E-state index is 12.0. The Morgan fingerprint density at radius 2 is 2.15 bits per heavy atom. The Morgan fingerprint density at radius 1 is 1.41 bits per heavy atom. The van der Waals surface area contributed by atoms with Gasteiger partial charge in [-0.05, 0) is 45.4 Å². The lowest BCUT2D eigenvalue weighted by Gasteiger charge is -2.23. The summed E-state index contributed by atoms with van der Waals surface area (Å²) >= 11 is 3.49. The molecule has 2 rings (SSSR count). The molecule has 1 atom stereocenters. The number of hydrogen-bond acceptors (Lipinski definition) is 4. The van der Waals surface area contributed by atoms with Crippen LogP contribution in [-0.2, 0) is 11.3 Å². The molecule has 1 unspecified atom stereocenters. The van der Waals surface area contributed by atoms with Crippen LogP contribution in [0.25, 0.3) is 0 Å². The van der Waals surface area contributed by atoms with Crippen LogP contribution in [0.3, 0.4) is 0 Å². The van der Waals surface area contributed by atoms with Crippen molar-refractivity contribution in [2.75, 3.05) is 27.2 Å². The Hall–Kier alpha value is -1.96. The molecule has 1 aromatic rings. The molecule has 0 bridgehead atoms. The van der Waals surface area contributed by atoms with Crippen LogP contribution in [0.1, 0.15) is 32.8 Å². The largest absolute Gasteiger partial charge is 0.496 e. The normalized spacial score (nSPS) is 17.6. The van der Waals surface area contributed by atoms with E-state index in [9.17, 15) is 4.79 Å². The summed E-state index contributed by atoms with van der Waals surface area (Å²) < 4.78 is 11.7. The van der Waals surface area contributed by atoms with E-state index in [4.69, 9.17) is 9.47 Å². The topological polar surface area (TPSA) is 75.2 Å². The van der Waals surface area contributed by atoms with Crippen molar-refractivity contribution < 1.29 is 14.3 Å². The number of likely N-dealkylation sites (tertiary alicyclic amines) is 1. The van der Waals surface area contributed by atoms with Crippen molar-refractivity contribution in [1.29, 1.82) is 0 Å². The lowest BCUT2D eigenvalue weighted by molar-refractivity contribution is 0.0507. The lowest BCUT2D eigenvalue weighted by Crippen LogP contribution is -2.44. The number of guanidine groups is 1. The van der Waals surface area contributed by atoms with E-state index in [1.807, 2.05) is 39.0 Å².